The van der Waals surface area contributed by atoms with Gasteiger partial charge in [-0.3, -0.25) is 9.59 Å². The van der Waals surface area contributed by atoms with E-state index in [-0.39, 0.29) is 18.2 Å². The molecule has 1 aliphatic rings. The molecule has 1 aliphatic heterocycles. The van der Waals surface area contributed by atoms with Crippen LogP contribution in [0.5, 0.6) is 5.75 Å². The third kappa shape index (κ3) is 4.31. The van der Waals surface area contributed by atoms with Gasteiger partial charge in [0, 0.05) is 25.2 Å². The predicted octanol–water partition coefficient (Wildman–Crippen LogP) is 2.15. The minimum Gasteiger partial charge on any atom is -0.497 e. The van der Waals surface area contributed by atoms with Crippen LogP contribution in [0.3, 0.4) is 0 Å². The number of amides is 2. The maximum absolute atomic E-state index is 12.5. The Morgan fingerprint density at radius 2 is 1.75 bits per heavy atom. The van der Waals surface area contributed by atoms with Crippen LogP contribution in [-0.4, -0.2) is 38.5 Å². The molecule has 146 valence electrons. The van der Waals surface area contributed by atoms with Crippen molar-refractivity contribution in [2.24, 2.45) is 5.92 Å². The molecule has 2 amide bonds. The van der Waals surface area contributed by atoms with Gasteiger partial charge in [-0.15, -0.1) is 0 Å². The quantitative estimate of drug-likeness (QED) is 0.774. The van der Waals surface area contributed by atoms with Gasteiger partial charge in [0.1, 0.15) is 5.75 Å². The highest BCUT2D eigenvalue weighted by molar-refractivity contribution is 6.00. The van der Waals surface area contributed by atoms with E-state index in [0.29, 0.717) is 24.3 Å². The maximum Gasteiger partial charge on any atom is 0.337 e. The first-order chi connectivity index (χ1) is 13.5. The van der Waals surface area contributed by atoms with Crippen LogP contribution in [0.4, 0.5) is 5.69 Å². The Kier molecular flexibility index (Phi) is 5.93. The molecule has 0 saturated carbocycles. The smallest absolute Gasteiger partial charge is 0.337 e. The van der Waals surface area contributed by atoms with E-state index >= 15 is 0 Å². The lowest BCUT2D eigenvalue weighted by atomic mass is 10.1. The second-order valence-corrected chi connectivity index (χ2v) is 6.51. The minimum absolute atomic E-state index is 0.115. The topological polar surface area (TPSA) is 84.9 Å². The molecule has 3 rings (SSSR count). The van der Waals surface area contributed by atoms with Gasteiger partial charge in [0.05, 0.1) is 25.7 Å². The maximum atomic E-state index is 12.5. The van der Waals surface area contributed by atoms with Crippen molar-refractivity contribution in [1.29, 1.82) is 0 Å². The Hall–Kier alpha value is -3.35. The minimum atomic E-state index is -0.435. The number of carbonyl (C=O) groups excluding carboxylic acids is 3. The number of esters is 1. The van der Waals surface area contributed by atoms with E-state index in [1.165, 1.54) is 7.11 Å². The molecule has 1 atom stereocenters. The molecule has 0 spiro atoms. The molecule has 28 heavy (non-hydrogen) atoms. The van der Waals surface area contributed by atoms with Crippen molar-refractivity contribution in [3.63, 3.8) is 0 Å². The van der Waals surface area contributed by atoms with E-state index in [2.05, 4.69) is 10.1 Å². The van der Waals surface area contributed by atoms with Gasteiger partial charge in [-0.1, -0.05) is 12.1 Å². The molecule has 0 aromatic heterocycles. The number of nitrogens with one attached hydrogen (secondary N) is 1. The Labute approximate surface area is 163 Å². The first kappa shape index (κ1) is 19.4. The molecule has 1 N–H and O–H groups in total. The number of rotatable bonds is 6. The van der Waals surface area contributed by atoms with Crippen LogP contribution in [-0.2, 0) is 20.9 Å². The van der Waals surface area contributed by atoms with Crippen LogP contribution in [0.1, 0.15) is 22.3 Å². The summed E-state index contributed by atoms with van der Waals surface area (Å²) >= 11 is 0. The zero-order valence-electron chi connectivity index (χ0n) is 15.8. The Bertz CT molecular complexity index is 861. The number of anilines is 1. The van der Waals surface area contributed by atoms with Crippen molar-refractivity contribution in [2.75, 3.05) is 25.7 Å². The molecule has 1 fully saturated rings. The molecule has 7 heteroatoms. The van der Waals surface area contributed by atoms with Crippen molar-refractivity contribution in [3.8, 4) is 5.75 Å². The normalized spacial score (nSPS) is 16.0. The third-order valence-electron chi connectivity index (χ3n) is 4.72. The number of hydrogen-bond acceptors (Lipinski definition) is 5. The number of nitrogens with zero attached hydrogens (tertiary/aromatic N) is 1. The van der Waals surface area contributed by atoms with Crippen molar-refractivity contribution >= 4 is 23.5 Å². The molecule has 0 radical (unpaired) electrons. The fourth-order valence-corrected chi connectivity index (χ4v) is 3.10. The molecule has 7 nitrogen and oxygen atoms in total. The Morgan fingerprint density at radius 3 is 2.36 bits per heavy atom. The standard InChI is InChI=1S/C21H22N2O5/c1-27-18-9-3-14(4-10-18)12-22-20(25)16-11-19(24)23(13-16)17-7-5-15(6-8-17)21(26)28-2/h3-10,16H,11-13H2,1-2H3,(H,22,25). The molecule has 1 saturated heterocycles. The molecule has 0 bridgehead atoms. The largest absolute Gasteiger partial charge is 0.497 e. The summed E-state index contributed by atoms with van der Waals surface area (Å²) in [6, 6.07) is 14.0. The molecule has 0 aliphatic carbocycles. The average Bonchev–Trinajstić information content (AvgIpc) is 3.13. The van der Waals surface area contributed by atoms with Gasteiger partial charge in [0.25, 0.3) is 0 Å². The summed E-state index contributed by atoms with van der Waals surface area (Å²) in [4.78, 5) is 37.9. The van der Waals surface area contributed by atoms with Gasteiger partial charge >= 0.3 is 5.97 Å². The van der Waals surface area contributed by atoms with Gasteiger partial charge in [-0.25, -0.2) is 4.79 Å². The molecule has 2 aromatic carbocycles. The Morgan fingerprint density at radius 1 is 1.07 bits per heavy atom. The van der Waals surface area contributed by atoms with Gasteiger partial charge in [0.15, 0.2) is 0 Å². The lowest BCUT2D eigenvalue weighted by Gasteiger charge is -2.17. The summed E-state index contributed by atoms with van der Waals surface area (Å²) in [6.07, 6.45) is 0.160. The van der Waals surface area contributed by atoms with Crippen LogP contribution in [0, 0.1) is 5.92 Å². The average molecular weight is 382 g/mol. The fraction of sp³-hybridized carbons (Fsp3) is 0.286. The molecular formula is C21H22N2O5. The van der Waals surface area contributed by atoms with E-state index in [4.69, 9.17) is 4.74 Å². The molecule has 1 heterocycles. The Balaban J connectivity index is 1.58. The van der Waals surface area contributed by atoms with Crippen LogP contribution in [0.2, 0.25) is 0 Å². The monoisotopic (exact) mass is 382 g/mol. The molecule has 2 aromatic rings. The molecular weight excluding hydrogens is 360 g/mol. The highest BCUT2D eigenvalue weighted by Gasteiger charge is 2.35. The van der Waals surface area contributed by atoms with Crippen molar-refractivity contribution in [1.82, 2.24) is 5.32 Å². The van der Waals surface area contributed by atoms with Crippen molar-refractivity contribution < 1.29 is 23.9 Å². The molecule has 1 unspecified atom stereocenters. The number of benzene rings is 2. The number of methoxy groups -OCH3 is 2. The van der Waals surface area contributed by atoms with E-state index < -0.39 is 11.9 Å². The van der Waals surface area contributed by atoms with Crippen molar-refractivity contribution in [3.05, 3.63) is 59.7 Å². The van der Waals surface area contributed by atoms with Gasteiger partial charge in [0.2, 0.25) is 11.8 Å². The van der Waals surface area contributed by atoms with Crippen molar-refractivity contribution in [2.45, 2.75) is 13.0 Å². The zero-order chi connectivity index (χ0) is 20.1. The third-order valence-corrected chi connectivity index (χ3v) is 4.72. The highest BCUT2D eigenvalue weighted by atomic mass is 16.5. The number of carbonyl (C=O) groups is 3. The second-order valence-electron chi connectivity index (χ2n) is 6.51. The lowest BCUT2D eigenvalue weighted by Crippen LogP contribution is -2.32. The van der Waals surface area contributed by atoms with E-state index in [0.717, 1.165) is 11.3 Å². The lowest BCUT2D eigenvalue weighted by molar-refractivity contribution is -0.126. The van der Waals surface area contributed by atoms with Crippen LogP contribution in [0.15, 0.2) is 48.5 Å². The van der Waals surface area contributed by atoms with E-state index in [1.54, 1.807) is 36.3 Å². The van der Waals surface area contributed by atoms with Crippen LogP contribution in [0.25, 0.3) is 0 Å². The summed E-state index contributed by atoms with van der Waals surface area (Å²) in [5.74, 6) is -0.361. The van der Waals surface area contributed by atoms with Crippen LogP contribution < -0.4 is 15.0 Å². The van der Waals surface area contributed by atoms with E-state index in [9.17, 15) is 14.4 Å². The zero-order valence-corrected chi connectivity index (χ0v) is 15.8. The predicted molar refractivity (Wildman–Crippen MR) is 103 cm³/mol. The van der Waals surface area contributed by atoms with E-state index in [1.807, 2.05) is 24.3 Å². The fourth-order valence-electron chi connectivity index (χ4n) is 3.10. The summed E-state index contributed by atoms with van der Waals surface area (Å²) in [5, 5.41) is 2.88. The van der Waals surface area contributed by atoms with Gasteiger partial charge in [-0.2, -0.15) is 0 Å². The summed E-state index contributed by atoms with van der Waals surface area (Å²) < 4.78 is 9.78. The summed E-state index contributed by atoms with van der Waals surface area (Å²) in [7, 11) is 2.91. The first-order valence-corrected chi connectivity index (χ1v) is 8.91. The summed E-state index contributed by atoms with van der Waals surface area (Å²) in [5.41, 5.74) is 2.02. The summed E-state index contributed by atoms with van der Waals surface area (Å²) in [6.45, 7) is 0.701. The number of ether oxygens (including phenoxy) is 2. The first-order valence-electron chi connectivity index (χ1n) is 8.91. The highest BCUT2D eigenvalue weighted by Crippen LogP contribution is 2.26. The van der Waals surface area contributed by atoms with Gasteiger partial charge in [-0.05, 0) is 42.0 Å². The second kappa shape index (κ2) is 8.56. The number of hydrogen-bond donors (Lipinski definition) is 1. The van der Waals surface area contributed by atoms with Gasteiger partial charge < -0.3 is 19.7 Å². The van der Waals surface area contributed by atoms with Crippen LogP contribution >= 0.6 is 0 Å². The SMILES string of the molecule is COC(=O)c1ccc(N2CC(C(=O)NCc3ccc(OC)cc3)CC2=O)cc1.